The van der Waals surface area contributed by atoms with E-state index in [0.717, 1.165) is 17.2 Å². The van der Waals surface area contributed by atoms with Crippen LogP contribution in [0.5, 0.6) is 11.5 Å². The molecule has 0 heterocycles. The van der Waals surface area contributed by atoms with Crippen molar-refractivity contribution in [1.29, 1.82) is 0 Å². The quantitative estimate of drug-likeness (QED) is 0.832. The molecule has 2 aromatic carbocycles. The summed E-state index contributed by atoms with van der Waals surface area (Å²) >= 11 is 0. The van der Waals surface area contributed by atoms with Gasteiger partial charge in [0, 0.05) is 18.3 Å². The number of rotatable bonds is 6. The summed E-state index contributed by atoms with van der Waals surface area (Å²) in [5, 5.41) is 13.2. The van der Waals surface area contributed by atoms with Crippen molar-refractivity contribution in [3.05, 3.63) is 54.6 Å². The highest BCUT2D eigenvalue weighted by atomic mass is 16.5. The zero-order chi connectivity index (χ0) is 14.4. The minimum absolute atomic E-state index is 0.512. The van der Waals surface area contributed by atoms with Gasteiger partial charge >= 0.3 is 0 Å². The Morgan fingerprint density at radius 2 is 1.75 bits per heavy atom. The van der Waals surface area contributed by atoms with Crippen molar-refractivity contribution in [1.82, 2.24) is 0 Å². The van der Waals surface area contributed by atoms with Crippen molar-refractivity contribution in [2.24, 2.45) is 0 Å². The van der Waals surface area contributed by atoms with Crippen molar-refractivity contribution in [2.45, 2.75) is 25.9 Å². The zero-order valence-electron chi connectivity index (χ0n) is 12.0. The second-order valence-electron chi connectivity index (χ2n) is 5.15. The standard InChI is InChI=1S/C17H21NO2/c1-3-17(2,19)13-18-14-8-7-11-16(12-14)20-15-9-5-4-6-10-15/h4-12,18-19H,3,13H2,1-2H3. The Morgan fingerprint density at radius 1 is 1.05 bits per heavy atom. The summed E-state index contributed by atoms with van der Waals surface area (Å²) in [6.07, 6.45) is 0.709. The molecule has 1 unspecified atom stereocenters. The maximum Gasteiger partial charge on any atom is 0.129 e. The van der Waals surface area contributed by atoms with Crippen LogP contribution in [0.3, 0.4) is 0 Å². The van der Waals surface area contributed by atoms with E-state index >= 15 is 0 Å². The van der Waals surface area contributed by atoms with Gasteiger partial charge in [-0.3, -0.25) is 0 Å². The van der Waals surface area contributed by atoms with E-state index in [2.05, 4.69) is 5.32 Å². The van der Waals surface area contributed by atoms with E-state index in [4.69, 9.17) is 4.74 Å². The molecule has 0 radical (unpaired) electrons. The van der Waals surface area contributed by atoms with Crippen LogP contribution in [0.4, 0.5) is 5.69 Å². The van der Waals surface area contributed by atoms with Crippen LogP contribution in [0.25, 0.3) is 0 Å². The molecule has 0 aliphatic rings. The second-order valence-corrected chi connectivity index (χ2v) is 5.15. The number of hydrogen-bond acceptors (Lipinski definition) is 3. The number of anilines is 1. The van der Waals surface area contributed by atoms with Gasteiger partial charge in [0.2, 0.25) is 0 Å². The molecule has 3 nitrogen and oxygen atoms in total. The topological polar surface area (TPSA) is 41.5 Å². The van der Waals surface area contributed by atoms with Crippen molar-refractivity contribution in [2.75, 3.05) is 11.9 Å². The first-order valence-electron chi connectivity index (χ1n) is 6.88. The lowest BCUT2D eigenvalue weighted by Crippen LogP contribution is -2.32. The molecule has 3 heteroatoms. The van der Waals surface area contributed by atoms with Gasteiger partial charge in [0.1, 0.15) is 11.5 Å². The third-order valence-electron chi connectivity index (χ3n) is 3.25. The van der Waals surface area contributed by atoms with E-state index in [9.17, 15) is 5.11 Å². The summed E-state index contributed by atoms with van der Waals surface area (Å²) in [6, 6.07) is 17.4. The predicted molar refractivity (Wildman–Crippen MR) is 82.4 cm³/mol. The van der Waals surface area contributed by atoms with E-state index < -0.39 is 5.60 Å². The van der Waals surface area contributed by atoms with Crippen molar-refractivity contribution in [3.63, 3.8) is 0 Å². The molecule has 0 amide bonds. The number of ether oxygens (including phenoxy) is 1. The summed E-state index contributed by atoms with van der Waals surface area (Å²) in [6.45, 7) is 4.30. The van der Waals surface area contributed by atoms with Gasteiger partial charge in [0.25, 0.3) is 0 Å². The predicted octanol–water partition coefficient (Wildman–Crippen LogP) is 4.05. The van der Waals surface area contributed by atoms with Crippen LogP contribution in [0.2, 0.25) is 0 Å². The first kappa shape index (κ1) is 14.4. The van der Waals surface area contributed by atoms with Gasteiger partial charge in [0.05, 0.1) is 5.60 Å². The van der Waals surface area contributed by atoms with Gasteiger partial charge in [-0.1, -0.05) is 31.2 Å². The van der Waals surface area contributed by atoms with Crippen LogP contribution < -0.4 is 10.1 Å². The smallest absolute Gasteiger partial charge is 0.129 e. The van der Waals surface area contributed by atoms with Crippen LogP contribution in [-0.2, 0) is 0 Å². The van der Waals surface area contributed by atoms with Crippen molar-refractivity contribution in [3.8, 4) is 11.5 Å². The Labute approximate surface area is 120 Å². The molecule has 2 aromatic rings. The lowest BCUT2D eigenvalue weighted by atomic mass is 10.0. The average Bonchev–Trinajstić information content (AvgIpc) is 2.47. The van der Waals surface area contributed by atoms with Gasteiger partial charge in [-0.15, -0.1) is 0 Å². The van der Waals surface area contributed by atoms with Crippen LogP contribution in [0.15, 0.2) is 54.6 Å². The third-order valence-corrected chi connectivity index (χ3v) is 3.25. The fourth-order valence-corrected chi connectivity index (χ4v) is 1.71. The molecule has 0 bridgehead atoms. The maximum atomic E-state index is 10.00. The molecule has 0 spiro atoms. The molecule has 0 aromatic heterocycles. The molecule has 1 atom stereocenters. The monoisotopic (exact) mass is 271 g/mol. The number of para-hydroxylation sites is 1. The molecule has 0 saturated heterocycles. The Bertz CT molecular complexity index is 538. The van der Waals surface area contributed by atoms with Gasteiger partial charge in [-0.2, -0.15) is 0 Å². The largest absolute Gasteiger partial charge is 0.457 e. The summed E-state index contributed by atoms with van der Waals surface area (Å²) in [4.78, 5) is 0. The number of nitrogens with one attached hydrogen (secondary N) is 1. The van der Waals surface area contributed by atoms with E-state index in [1.54, 1.807) is 0 Å². The van der Waals surface area contributed by atoms with Gasteiger partial charge in [0.15, 0.2) is 0 Å². The summed E-state index contributed by atoms with van der Waals surface area (Å²) in [7, 11) is 0. The summed E-state index contributed by atoms with van der Waals surface area (Å²) in [5.74, 6) is 1.59. The minimum atomic E-state index is -0.698. The molecule has 0 aliphatic carbocycles. The molecule has 2 N–H and O–H groups in total. The molecule has 2 rings (SSSR count). The van der Waals surface area contributed by atoms with Crippen LogP contribution >= 0.6 is 0 Å². The maximum absolute atomic E-state index is 10.00. The SMILES string of the molecule is CCC(C)(O)CNc1cccc(Oc2ccccc2)c1. The summed E-state index contributed by atoms with van der Waals surface area (Å²) < 4.78 is 5.77. The van der Waals surface area contributed by atoms with E-state index in [0.29, 0.717) is 13.0 Å². The molecular weight excluding hydrogens is 250 g/mol. The second kappa shape index (κ2) is 6.44. The molecule has 0 fully saturated rings. The fraction of sp³-hybridized carbons (Fsp3) is 0.294. The normalized spacial score (nSPS) is 13.6. The highest BCUT2D eigenvalue weighted by Crippen LogP contribution is 2.24. The molecule has 0 saturated carbocycles. The summed E-state index contributed by atoms with van der Waals surface area (Å²) in [5.41, 5.74) is 0.239. The number of hydrogen-bond donors (Lipinski definition) is 2. The van der Waals surface area contributed by atoms with Crippen molar-refractivity contribution < 1.29 is 9.84 Å². The van der Waals surface area contributed by atoms with Crippen LogP contribution in [0.1, 0.15) is 20.3 Å². The Balaban J connectivity index is 2.01. The molecular formula is C17H21NO2. The number of benzene rings is 2. The lowest BCUT2D eigenvalue weighted by molar-refractivity contribution is 0.0697. The number of aliphatic hydroxyl groups is 1. The van der Waals surface area contributed by atoms with Crippen LogP contribution in [0, 0.1) is 0 Å². The minimum Gasteiger partial charge on any atom is -0.457 e. The zero-order valence-corrected chi connectivity index (χ0v) is 12.0. The van der Waals surface area contributed by atoms with E-state index in [1.165, 1.54) is 0 Å². The highest BCUT2D eigenvalue weighted by molar-refractivity contribution is 5.49. The Hall–Kier alpha value is -2.00. The first-order valence-corrected chi connectivity index (χ1v) is 6.88. The third kappa shape index (κ3) is 4.28. The van der Waals surface area contributed by atoms with Gasteiger partial charge in [-0.25, -0.2) is 0 Å². The lowest BCUT2D eigenvalue weighted by Gasteiger charge is -2.22. The van der Waals surface area contributed by atoms with Gasteiger partial charge < -0.3 is 15.2 Å². The Morgan fingerprint density at radius 3 is 2.45 bits per heavy atom. The average molecular weight is 271 g/mol. The van der Waals surface area contributed by atoms with E-state index in [-0.39, 0.29) is 0 Å². The first-order chi connectivity index (χ1) is 9.59. The highest BCUT2D eigenvalue weighted by Gasteiger charge is 2.16. The Kier molecular flexibility index (Phi) is 4.64. The van der Waals surface area contributed by atoms with Crippen LogP contribution in [-0.4, -0.2) is 17.3 Å². The van der Waals surface area contributed by atoms with E-state index in [1.807, 2.05) is 68.4 Å². The van der Waals surface area contributed by atoms with Crippen molar-refractivity contribution >= 4 is 5.69 Å². The molecule has 20 heavy (non-hydrogen) atoms. The van der Waals surface area contributed by atoms with Gasteiger partial charge in [-0.05, 0) is 37.6 Å². The fourth-order valence-electron chi connectivity index (χ4n) is 1.71. The molecule has 106 valence electrons. The molecule has 0 aliphatic heterocycles.